The Labute approximate surface area is 66.0 Å². The Bertz CT molecular complexity index is 148. The lowest BCUT2D eigenvalue weighted by molar-refractivity contribution is 0.489. The third-order valence-corrected chi connectivity index (χ3v) is 1.11. The fourth-order valence-corrected chi connectivity index (χ4v) is 0.550. The van der Waals surface area contributed by atoms with E-state index in [1.54, 1.807) is 18.1 Å². The number of likely N-dealkylation sites (N-methyl/N-ethyl adjacent to an activating group) is 1. The van der Waals surface area contributed by atoms with Crippen molar-refractivity contribution >= 4 is 0 Å². The standard InChI is InChI=1S/C8H13F2N/c1-8(10)4-7-11(2)6-3-5-9/h3-4,6H,5,7H2,1-2H3/b6-3+,8-4+. The summed E-state index contributed by atoms with van der Waals surface area (Å²) in [5, 5.41) is 0. The van der Waals surface area contributed by atoms with Gasteiger partial charge >= 0.3 is 0 Å². The highest BCUT2D eigenvalue weighted by molar-refractivity contribution is 4.91. The normalized spacial score (nSPS) is 12.5. The van der Waals surface area contributed by atoms with Crippen molar-refractivity contribution in [3.8, 4) is 0 Å². The lowest BCUT2D eigenvalue weighted by Crippen LogP contribution is -2.10. The zero-order chi connectivity index (χ0) is 8.69. The highest BCUT2D eigenvalue weighted by Crippen LogP contribution is 1.94. The molecule has 0 saturated carbocycles. The van der Waals surface area contributed by atoms with Crippen molar-refractivity contribution in [3.05, 3.63) is 24.2 Å². The van der Waals surface area contributed by atoms with Crippen molar-refractivity contribution in [1.29, 1.82) is 0 Å². The summed E-state index contributed by atoms with van der Waals surface area (Å²) in [6, 6.07) is 0. The van der Waals surface area contributed by atoms with Crippen LogP contribution >= 0.6 is 0 Å². The second-order valence-electron chi connectivity index (χ2n) is 2.27. The van der Waals surface area contributed by atoms with Gasteiger partial charge in [0.2, 0.25) is 0 Å². The third-order valence-electron chi connectivity index (χ3n) is 1.11. The van der Waals surface area contributed by atoms with Gasteiger partial charge in [-0.1, -0.05) is 0 Å². The number of rotatable bonds is 4. The summed E-state index contributed by atoms with van der Waals surface area (Å²) >= 11 is 0. The number of halogens is 2. The van der Waals surface area contributed by atoms with Gasteiger partial charge in [0.05, 0.1) is 5.83 Å². The summed E-state index contributed by atoms with van der Waals surface area (Å²) < 4.78 is 23.7. The number of hydrogen-bond acceptors (Lipinski definition) is 1. The maximum absolute atomic E-state index is 12.1. The Morgan fingerprint density at radius 3 is 2.64 bits per heavy atom. The predicted molar refractivity (Wildman–Crippen MR) is 42.6 cm³/mol. The van der Waals surface area contributed by atoms with Crippen LogP contribution in [-0.2, 0) is 0 Å². The van der Waals surface area contributed by atoms with E-state index in [-0.39, 0.29) is 5.83 Å². The zero-order valence-corrected chi connectivity index (χ0v) is 6.85. The van der Waals surface area contributed by atoms with E-state index in [1.807, 2.05) is 0 Å². The fourth-order valence-electron chi connectivity index (χ4n) is 0.550. The second-order valence-corrected chi connectivity index (χ2v) is 2.27. The molecule has 64 valence electrons. The van der Waals surface area contributed by atoms with E-state index >= 15 is 0 Å². The molecule has 0 aromatic rings. The zero-order valence-electron chi connectivity index (χ0n) is 6.85. The average Bonchev–Trinajstić information content (AvgIpc) is 1.97. The highest BCUT2D eigenvalue weighted by Gasteiger charge is 1.87. The van der Waals surface area contributed by atoms with Crippen LogP contribution < -0.4 is 0 Å². The molecule has 1 nitrogen and oxygen atoms in total. The van der Waals surface area contributed by atoms with Gasteiger partial charge in [-0.15, -0.1) is 0 Å². The van der Waals surface area contributed by atoms with Crippen molar-refractivity contribution in [3.63, 3.8) is 0 Å². The Balaban J connectivity index is 3.61. The van der Waals surface area contributed by atoms with Gasteiger partial charge in [-0.3, -0.25) is 0 Å². The molecular weight excluding hydrogens is 148 g/mol. The van der Waals surface area contributed by atoms with Gasteiger partial charge in [0.15, 0.2) is 0 Å². The summed E-state index contributed by atoms with van der Waals surface area (Å²) in [6.07, 6.45) is 4.39. The van der Waals surface area contributed by atoms with E-state index in [0.29, 0.717) is 6.54 Å². The molecule has 0 fully saturated rings. The third kappa shape index (κ3) is 7.03. The van der Waals surface area contributed by atoms with E-state index in [9.17, 15) is 8.78 Å². The van der Waals surface area contributed by atoms with Gasteiger partial charge in [-0.25, -0.2) is 8.78 Å². The Kier molecular flexibility index (Phi) is 5.43. The van der Waals surface area contributed by atoms with Crippen molar-refractivity contribution in [2.45, 2.75) is 6.92 Å². The molecule has 0 rings (SSSR count). The van der Waals surface area contributed by atoms with E-state index in [2.05, 4.69) is 0 Å². The number of alkyl halides is 1. The summed E-state index contributed by atoms with van der Waals surface area (Å²) in [5.41, 5.74) is 0. The first-order chi connectivity index (χ1) is 5.16. The van der Waals surface area contributed by atoms with Crippen LogP contribution in [0.5, 0.6) is 0 Å². The number of hydrogen-bond donors (Lipinski definition) is 0. The molecule has 0 radical (unpaired) electrons. The van der Waals surface area contributed by atoms with E-state index < -0.39 is 6.67 Å². The molecule has 0 aliphatic carbocycles. The first kappa shape index (κ1) is 10.1. The van der Waals surface area contributed by atoms with Crippen LogP contribution in [-0.4, -0.2) is 25.2 Å². The molecule has 0 unspecified atom stereocenters. The van der Waals surface area contributed by atoms with Gasteiger partial charge in [0, 0.05) is 13.6 Å². The van der Waals surface area contributed by atoms with E-state index in [0.717, 1.165) is 0 Å². The van der Waals surface area contributed by atoms with Crippen LogP contribution in [0.25, 0.3) is 0 Å². The van der Waals surface area contributed by atoms with Gasteiger partial charge in [-0.2, -0.15) is 0 Å². The largest absolute Gasteiger partial charge is 0.377 e. The minimum atomic E-state index is -0.483. The number of nitrogens with zero attached hydrogens (tertiary/aromatic N) is 1. The summed E-state index contributed by atoms with van der Waals surface area (Å²) in [4.78, 5) is 1.70. The molecule has 0 amide bonds. The molecule has 0 bridgehead atoms. The van der Waals surface area contributed by atoms with Gasteiger partial charge in [0.1, 0.15) is 6.67 Å². The predicted octanol–water partition coefficient (Wildman–Crippen LogP) is 2.27. The summed E-state index contributed by atoms with van der Waals surface area (Å²) in [6.45, 7) is 1.37. The molecule has 0 aliphatic rings. The van der Waals surface area contributed by atoms with Crippen molar-refractivity contribution < 1.29 is 8.78 Å². The van der Waals surface area contributed by atoms with Gasteiger partial charge in [-0.05, 0) is 25.3 Å². The summed E-state index contributed by atoms with van der Waals surface area (Å²) in [5.74, 6) is -0.217. The Morgan fingerprint density at radius 2 is 2.18 bits per heavy atom. The minimum Gasteiger partial charge on any atom is -0.377 e. The molecule has 0 atom stereocenters. The maximum Gasteiger partial charge on any atom is 0.109 e. The SMILES string of the molecule is C/C(F)=C\CN(C)/C=C/CF. The van der Waals surface area contributed by atoms with Crippen LogP contribution in [0.2, 0.25) is 0 Å². The van der Waals surface area contributed by atoms with Crippen LogP contribution in [0, 0.1) is 0 Å². The molecule has 0 N–H and O–H groups in total. The van der Waals surface area contributed by atoms with Crippen LogP contribution in [0.15, 0.2) is 24.2 Å². The van der Waals surface area contributed by atoms with Crippen molar-refractivity contribution in [2.24, 2.45) is 0 Å². The lowest BCUT2D eigenvalue weighted by atomic mass is 10.4. The van der Waals surface area contributed by atoms with Crippen molar-refractivity contribution in [2.75, 3.05) is 20.3 Å². The number of allylic oxidation sites excluding steroid dienone is 2. The van der Waals surface area contributed by atoms with Gasteiger partial charge in [0.25, 0.3) is 0 Å². The molecule has 0 saturated heterocycles. The lowest BCUT2D eigenvalue weighted by Gasteiger charge is -2.09. The molecule has 11 heavy (non-hydrogen) atoms. The topological polar surface area (TPSA) is 3.24 Å². The van der Waals surface area contributed by atoms with Crippen LogP contribution in [0.1, 0.15) is 6.92 Å². The van der Waals surface area contributed by atoms with Crippen LogP contribution in [0.3, 0.4) is 0 Å². The quantitative estimate of drug-likeness (QED) is 0.611. The molecule has 3 heteroatoms. The smallest absolute Gasteiger partial charge is 0.109 e. The van der Waals surface area contributed by atoms with Gasteiger partial charge < -0.3 is 4.90 Å². The first-order valence-electron chi connectivity index (χ1n) is 3.42. The summed E-state index contributed by atoms with van der Waals surface area (Å²) in [7, 11) is 1.76. The minimum absolute atomic E-state index is 0.217. The molecule has 0 aromatic carbocycles. The monoisotopic (exact) mass is 161 g/mol. The van der Waals surface area contributed by atoms with E-state index in [1.165, 1.54) is 19.1 Å². The molecule has 0 heterocycles. The maximum atomic E-state index is 12.1. The highest BCUT2D eigenvalue weighted by atomic mass is 19.1. The molecule has 0 aromatic heterocycles. The molecular formula is C8H13F2N. The molecule has 0 spiro atoms. The van der Waals surface area contributed by atoms with E-state index in [4.69, 9.17) is 0 Å². The fraction of sp³-hybridized carbons (Fsp3) is 0.500. The average molecular weight is 161 g/mol. The van der Waals surface area contributed by atoms with Crippen molar-refractivity contribution in [1.82, 2.24) is 4.90 Å². The molecule has 0 aliphatic heterocycles. The van der Waals surface area contributed by atoms with Crippen LogP contribution in [0.4, 0.5) is 8.78 Å². The first-order valence-corrected chi connectivity index (χ1v) is 3.42. The Morgan fingerprint density at radius 1 is 1.55 bits per heavy atom. The Hall–Kier alpha value is -0.860. The second kappa shape index (κ2) is 5.89.